The Labute approximate surface area is 193 Å². The number of piperazine rings is 1. The number of pyridine rings is 1. The molecule has 0 saturated carbocycles. The lowest BCUT2D eigenvalue weighted by atomic mass is 9.97. The number of nitrogens with zero attached hydrogens (tertiary/aromatic N) is 4. The highest BCUT2D eigenvalue weighted by Gasteiger charge is 2.26. The van der Waals surface area contributed by atoms with Crippen molar-refractivity contribution in [2.75, 3.05) is 26.2 Å². The van der Waals surface area contributed by atoms with Crippen LogP contribution in [-0.4, -0.2) is 56.8 Å². The summed E-state index contributed by atoms with van der Waals surface area (Å²) in [4.78, 5) is 43.4. The maximum Gasteiger partial charge on any atom is 0.274 e. The fourth-order valence-corrected chi connectivity index (χ4v) is 5.94. The fraction of sp³-hybridized carbons (Fsp3) is 0.429. The molecule has 1 fully saturated rings. The summed E-state index contributed by atoms with van der Waals surface area (Å²) in [5.74, 6) is 0.458. The van der Waals surface area contributed by atoms with Gasteiger partial charge in [-0.25, -0.2) is 9.97 Å². The number of hydrogen-bond donors (Lipinski definition) is 1. The van der Waals surface area contributed by atoms with Crippen LogP contribution in [0.25, 0.3) is 10.2 Å². The topological polar surface area (TPSA) is 82.2 Å². The number of amides is 1. The van der Waals surface area contributed by atoms with Gasteiger partial charge in [0.1, 0.15) is 21.5 Å². The Balaban J connectivity index is 1.27. The molecule has 2 aliphatic rings. The van der Waals surface area contributed by atoms with E-state index in [9.17, 15) is 9.59 Å². The highest BCUT2D eigenvalue weighted by atomic mass is 35.5. The van der Waals surface area contributed by atoms with Crippen molar-refractivity contribution in [3.63, 3.8) is 0 Å². The van der Waals surface area contributed by atoms with Gasteiger partial charge in [-0.15, -0.1) is 11.3 Å². The number of rotatable bonds is 3. The summed E-state index contributed by atoms with van der Waals surface area (Å²) in [6.07, 6.45) is 4.34. The normalized spacial score (nSPS) is 17.2. The van der Waals surface area contributed by atoms with Crippen molar-refractivity contribution in [3.8, 4) is 0 Å². The number of H-pyrrole nitrogens is 1. The van der Waals surface area contributed by atoms with Crippen LogP contribution in [0.4, 0.5) is 0 Å². The van der Waals surface area contributed by atoms with Crippen LogP contribution in [0, 0.1) is 0 Å². The zero-order valence-corrected chi connectivity index (χ0v) is 19.1. The van der Waals surface area contributed by atoms with Crippen molar-refractivity contribution in [1.82, 2.24) is 24.8 Å². The van der Waals surface area contributed by atoms with Gasteiger partial charge in [0.15, 0.2) is 0 Å². The van der Waals surface area contributed by atoms with Gasteiger partial charge in [0.2, 0.25) is 0 Å². The number of thiophene rings is 1. The molecule has 0 radical (unpaired) electrons. The molecule has 3 aromatic rings. The van der Waals surface area contributed by atoms with Crippen LogP contribution in [-0.2, 0) is 19.4 Å². The first-order valence-corrected chi connectivity index (χ1v) is 11.9. The summed E-state index contributed by atoms with van der Waals surface area (Å²) in [5.41, 5.74) is 1.35. The van der Waals surface area contributed by atoms with Gasteiger partial charge >= 0.3 is 0 Å². The lowest BCUT2D eigenvalue weighted by molar-refractivity contribution is 0.0620. The molecule has 1 aliphatic heterocycles. The maximum atomic E-state index is 12.8. The van der Waals surface area contributed by atoms with Gasteiger partial charge in [-0.1, -0.05) is 23.2 Å². The smallest absolute Gasteiger partial charge is 0.274 e. The summed E-state index contributed by atoms with van der Waals surface area (Å²) in [7, 11) is 0. The highest BCUT2D eigenvalue weighted by molar-refractivity contribution is 7.18. The molecule has 0 atom stereocenters. The van der Waals surface area contributed by atoms with E-state index in [1.54, 1.807) is 28.4 Å². The van der Waals surface area contributed by atoms with Crippen LogP contribution < -0.4 is 5.56 Å². The van der Waals surface area contributed by atoms with E-state index in [1.165, 1.54) is 16.9 Å². The second-order valence-corrected chi connectivity index (χ2v) is 9.81. The number of hydrogen-bond acceptors (Lipinski definition) is 6. The molecule has 0 aromatic carbocycles. The number of carbonyl (C=O) groups is 1. The van der Waals surface area contributed by atoms with Gasteiger partial charge in [0, 0.05) is 31.1 Å². The van der Waals surface area contributed by atoms with Gasteiger partial charge < -0.3 is 9.88 Å². The van der Waals surface area contributed by atoms with Gasteiger partial charge in [-0.3, -0.25) is 14.5 Å². The van der Waals surface area contributed by atoms with E-state index in [-0.39, 0.29) is 22.3 Å². The Morgan fingerprint density at radius 1 is 1.10 bits per heavy atom. The Hall–Kier alpha value is -2.00. The predicted molar refractivity (Wildman–Crippen MR) is 122 cm³/mol. The van der Waals surface area contributed by atoms with E-state index in [0.717, 1.165) is 29.5 Å². The number of aromatic amines is 1. The lowest BCUT2D eigenvalue weighted by Gasteiger charge is -2.34. The number of aromatic nitrogens is 3. The summed E-state index contributed by atoms with van der Waals surface area (Å²) < 4.78 is 0. The first-order chi connectivity index (χ1) is 15.0. The van der Waals surface area contributed by atoms with Crippen LogP contribution in [0.5, 0.6) is 0 Å². The molecule has 0 unspecified atom stereocenters. The van der Waals surface area contributed by atoms with Crippen molar-refractivity contribution in [2.45, 2.75) is 32.2 Å². The number of carbonyl (C=O) groups excluding carboxylic acids is 1. The number of nitrogens with one attached hydrogen (secondary N) is 1. The van der Waals surface area contributed by atoms with Crippen LogP contribution >= 0.6 is 34.5 Å². The van der Waals surface area contributed by atoms with E-state index >= 15 is 0 Å². The molecule has 31 heavy (non-hydrogen) atoms. The first-order valence-electron chi connectivity index (χ1n) is 10.4. The standard InChI is InChI=1S/C21H21Cl2N5O2S/c22-13-5-6-15(23)24-18(13)21(30)28-9-7-27(8-10-28)11-16-25-19(29)17-12-3-1-2-4-14(12)31-20(17)26-16/h5-6H,1-4,7-11H2,(H,25,26,29). The highest BCUT2D eigenvalue weighted by Crippen LogP contribution is 2.33. The summed E-state index contributed by atoms with van der Waals surface area (Å²) in [5, 5.41) is 1.32. The van der Waals surface area contributed by atoms with Crippen LogP contribution in [0.15, 0.2) is 16.9 Å². The second kappa shape index (κ2) is 8.50. The molecule has 4 heterocycles. The van der Waals surface area contributed by atoms with Gasteiger partial charge in [0.05, 0.1) is 17.0 Å². The molecule has 1 amide bonds. The minimum Gasteiger partial charge on any atom is -0.335 e. The molecule has 0 spiro atoms. The van der Waals surface area contributed by atoms with Gasteiger partial charge in [-0.2, -0.15) is 0 Å². The molecule has 10 heteroatoms. The molecule has 5 rings (SSSR count). The van der Waals surface area contributed by atoms with E-state index in [2.05, 4.69) is 14.9 Å². The Kier molecular flexibility index (Phi) is 5.73. The molecule has 1 aliphatic carbocycles. The minimum absolute atomic E-state index is 0.0325. The van der Waals surface area contributed by atoms with Gasteiger partial charge in [-0.05, 0) is 43.4 Å². The number of aryl methyl sites for hydroxylation is 2. The zero-order chi connectivity index (χ0) is 21.5. The first kappa shape index (κ1) is 20.9. The van der Waals surface area contributed by atoms with Crippen LogP contribution in [0.1, 0.15) is 39.6 Å². The third-order valence-electron chi connectivity index (χ3n) is 5.92. The lowest BCUT2D eigenvalue weighted by Crippen LogP contribution is -2.48. The Morgan fingerprint density at radius 3 is 2.68 bits per heavy atom. The number of fused-ring (bicyclic) bond motifs is 3. The third-order valence-corrected chi connectivity index (χ3v) is 7.62. The maximum absolute atomic E-state index is 12.8. The monoisotopic (exact) mass is 477 g/mol. The average molecular weight is 478 g/mol. The van der Waals surface area contributed by atoms with Crippen LogP contribution in [0.2, 0.25) is 10.2 Å². The van der Waals surface area contributed by atoms with Crippen molar-refractivity contribution in [1.29, 1.82) is 0 Å². The van der Waals surface area contributed by atoms with Crippen LogP contribution in [0.3, 0.4) is 0 Å². The van der Waals surface area contributed by atoms with Crippen molar-refractivity contribution in [3.05, 3.63) is 54.6 Å². The zero-order valence-electron chi connectivity index (χ0n) is 16.8. The molecule has 1 saturated heterocycles. The predicted octanol–water partition coefficient (Wildman–Crippen LogP) is 3.52. The van der Waals surface area contributed by atoms with E-state index in [0.29, 0.717) is 43.6 Å². The summed E-state index contributed by atoms with van der Waals surface area (Å²) in [6, 6.07) is 3.15. The van der Waals surface area contributed by atoms with Crippen molar-refractivity contribution < 1.29 is 4.79 Å². The Bertz CT molecular complexity index is 1220. The molecule has 162 valence electrons. The molecule has 0 bridgehead atoms. The molecule has 3 aromatic heterocycles. The molecular weight excluding hydrogens is 457 g/mol. The quantitative estimate of drug-likeness (QED) is 0.583. The largest absolute Gasteiger partial charge is 0.335 e. The molecular formula is C21H21Cl2N5O2S. The van der Waals surface area contributed by atoms with Gasteiger partial charge in [0.25, 0.3) is 11.5 Å². The average Bonchev–Trinajstić information content (AvgIpc) is 3.14. The van der Waals surface area contributed by atoms with E-state index < -0.39 is 0 Å². The Morgan fingerprint density at radius 2 is 1.87 bits per heavy atom. The second-order valence-electron chi connectivity index (χ2n) is 7.94. The van der Waals surface area contributed by atoms with Crippen molar-refractivity contribution in [2.24, 2.45) is 0 Å². The van der Waals surface area contributed by atoms with Crippen molar-refractivity contribution >= 4 is 50.7 Å². The third kappa shape index (κ3) is 4.09. The summed E-state index contributed by atoms with van der Waals surface area (Å²) >= 11 is 13.7. The molecule has 1 N–H and O–H groups in total. The summed E-state index contributed by atoms with van der Waals surface area (Å²) in [6.45, 7) is 2.98. The number of halogens is 2. The fourth-order valence-electron chi connectivity index (χ4n) is 4.32. The van der Waals surface area contributed by atoms with E-state index in [1.807, 2.05) is 0 Å². The minimum atomic E-state index is -0.218. The molecule has 7 nitrogen and oxygen atoms in total. The van der Waals surface area contributed by atoms with E-state index in [4.69, 9.17) is 28.2 Å². The SMILES string of the molecule is O=C(c1nc(Cl)ccc1Cl)N1CCN(Cc2nc3sc4c(c3c(=O)[nH]2)CCCC4)CC1.